The van der Waals surface area contributed by atoms with Crippen LogP contribution in [-0.4, -0.2) is 41.3 Å². The molecule has 0 spiro atoms. The molecule has 1 aromatic rings. The monoisotopic (exact) mass is 278 g/mol. The van der Waals surface area contributed by atoms with Crippen molar-refractivity contribution in [3.8, 4) is 0 Å². The minimum absolute atomic E-state index is 0.282. The summed E-state index contributed by atoms with van der Waals surface area (Å²) in [5.74, 6) is 2.34. The zero-order chi connectivity index (χ0) is 14.4. The molecule has 1 fully saturated rings. The smallest absolute Gasteiger partial charge is 0.224 e. The number of hydrogen-bond acceptors (Lipinski definition) is 5. The number of aryl methyl sites for hydroxylation is 1. The summed E-state index contributed by atoms with van der Waals surface area (Å²) in [6.45, 7) is 7.42. The van der Waals surface area contributed by atoms with E-state index in [0.717, 1.165) is 49.8 Å². The van der Waals surface area contributed by atoms with Crippen LogP contribution < -0.4 is 10.2 Å². The SMILES string of the molecule is CCCNc1ncc(C)c(N2CCCC(CCO)C2)n1. The standard InChI is InChI=1S/C15H26N4O/c1-3-7-16-15-17-10-12(2)14(18-15)19-8-4-5-13(11-19)6-9-20/h10,13,20H,3-9,11H2,1-2H3,(H,16,17,18). The Bertz CT molecular complexity index is 422. The van der Waals surface area contributed by atoms with Crippen molar-refractivity contribution < 1.29 is 5.11 Å². The number of aliphatic hydroxyl groups is 1. The van der Waals surface area contributed by atoms with E-state index in [-0.39, 0.29) is 6.61 Å². The largest absolute Gasteiger partial charge is 0.396 e. The topological polar surface area (TPSA) is 61.3 Å². The first-order chi connectivity index (χ1) is 9.74. The van der Waals surface area contributed by atoms with Gasteiger partial charge in [0.15, 0.2) is 0 Å². The molecule has 2 rings (SSSR count). The lowest BCUT2D eigenvalue weighted by Gasteiger charge is -2.34. The van der Waals surface area contributed by atoms with Crippen molar-refractivity contribution in [3.63, 3.8) is 0 Å². The van der Waals surface area contributed by atoms with E-state index in [9.17, 15) is 0 Å². The average molecular weight is 278 g/mol. The van der Waals surface area contributed by atoms with Gasteiger partial charge in [0.1, 0.15) is 5.82 Å². The minimum Gasteiger partial charge on any atom is -0.396 e. The third-order valence-corrected chi connectivity index (χ3v) is 3.83. The van der Waals surface area contributed by atoms with E-state index < -0.39 is 0 Å². The van der Waals surface area contributed by atoms with E-state index in [0.29, 0.717) is 5.92 Å². The molecule has 0 bridgehead atoms. The van der Waals surface area contributed by atoms with Crippen LogP contribution in [0.4, 0.5) is 11.8 Å². The first-order valence-electron chi connectivity index (χ1n) is 7.68. The van der Waals surface area contributed by atoms with Crippen LogP contribution in [0.1, 0.15) is 38.2 Å². The van der Waals surface area contributed by atoms with E-state index in [1.807, 2.05) is 6.20 Å². The summed E-state index contributed by atoms with van der Waals surface area (Å²) in [5.41, 5.74) is 1.12. The van der Waals surface area contributed by atoms with Crippen LogP contribution in [0.2, 0.25) is 0 Å². The van der Waals surface area contributed by atoms with Crippen molar-refractivity contribution in [2.75, 3.05) is 36.5 Å². The van der Waals surface area contributed by atoms with Crippen molar-refractivity contribution >= 4 is 11.8 Å². The van der Waals surface area contributed by atoms with Crippen molar-refractivity contribution in [3.05, 3.63) is 11.8 Å². The van der Waals surface area contributed by atoms with Crippen LogP contribution in [0.15, 0.2) is 6.20 Å². The second-order valence-corrected chi connectivity index (χ2v) is 5.59. The summed E-state index contributed by atoms with van der Waals surface area (Å²) < 4.78 is 0. The molecular formula is C15H26N4O. The number of anilines is 2. The van der Waals surface area contributed by atoms with Gasteiger partial charge in [0, 0.05) is 38.0 Å². The van der Waals surface area contributed by atoms with Gasteiger partial charge in [-0.25, -0.2) is 4.98 Å². The molecule has 1 unspecified atom stereocenters. The van der Waals surface area contributed by atoms with E-state index in [2.05, 4.69) is 34.0 Å². The van der Waals surface area contributed by atoms with Crippen LogP contribution >= 0.6 is 0 Å². The van der Waals surface area contributed by atoms with Crippen LogP contribution in [0.5, 0.6) is 0 Å². The number of hydrogen-bond donors (Lipinski definition) is 2. The lowest BCUT2D eigenvalue weighted by Crippen LogP contribution is -2.37. The van der Waals surface area contributed by atoms with Crippen molar-refractivity contribution in [2.24, 2.45) is 5.92 Å². The number of nitrogens with zero attached hydrogens (tertiary/aromatic N) is 3. The normalized spacial score (nSPS) is 19.1. The van der Waals surface area contributed by atoms with Gasteiger partial charge < -0.3 is 15.3 Å². The lowest BCUT2D eigenvalue weighted by molar-refractivity contribution is 0.244. The number of piperidine rings is 1. The maximum absolute atomic E-state index is 9.12. The van der Waals surface area contributed by atoms with Crippen molar-refractivity contribution in [2.45, 2.75) is 39.5 Å². The highest BCUT2D eigenvalue weighted by atomic mass is 16.3. The van der Waals surface area contributed by atoms with Crippen LogP contribution in [0, 0.1) is 12.8 Å². The lowest BCUT2D eigenvalue weighted by atomic mass is 9.95. The molecule has 1 atom stereocenters. The van der Waals surface area contributed by atoms with Gasteiger partial charge in [-0.15, -0.1) is 0 Å². The summed E-state index contributed by atoms with van der Waals surface area (Å²) >= 11 is 0. The van der Waals surface area contributed by atoms with E-state index in [4.69, 9.17) is 5.11 Å². The molecule has 112 valence electrons. The predicted molar refractivity (Wildman–Crippen MR) is 82.2 cm³/mol. The first-order valence-corrected chi connectivity index (χ1v) is 7.68. The number of rotatable bonds is 6. The molecule has 0 radical (unpaired) electrons. The highest BCUT2D eigenvalue weighted by molar-refractivity contribution is 5.49. The zero-order valence-corrected chi connectivity index (χ0v) is 12.6. The first kappa shape index (κ1) is 15.0. The number of aliphatic hydroxyl groups excluding tert-OH is 1. The molecule has 1 aliphatic heterocycles. The Morgan fingerprint density at radius 3 is 3.10 bits per heavy atom. The fraction of sp³-hybridized carbons (Fsp3) is 0.733. The molecule has 5 nitrogen and oxygen atoms in total. The summed E-state index contributed by atoms with van der Waals surface area (Å²) in [5, 5.41) is 12.4. The molecule has 1 saturated heterocycles. The molecule has 1 aromatic heterocycles. The summed E-state index contributed by atoms with van der Waals surface area (Å²) in [4.78, 5) is 11.4. The van der Waals surface area contributed by atoms with Gasteiger partial charge in [-0.2, -0.15) is 4.98 Å². The predicted octanol–water partition coefficient (Wildman–Crippen LogP) is 2.21. The highest BCUT2D eigenvalue weighted by Crippen LogP contribution is 2.26. The molecule has 0 aromatic carbocycles. The highest BCUT2D eigenvalue weighted by Gasteiger charge is 2.22. The van der Waals surface area contributed by atoms with Gasteiger partial charge in [-0.05, 0) is 38.5 Å². The fourth-order valence-electron chi connectivity index (χ4n) is 2.75. The molecule has 0 saturated carbocycles. The summed E-state index contributed by atoms with van der Waals surface area (Å²) in [6.07, 6.45) is 6.24. The van der Waals surface area contributed by atoms with Crippen LogP contribution in [-0.2, 0) is 0 Å². The number of nitrogens with one attached hydrogen (secondary N) is 1. The van der Waals surface area contributed by atoms with Gasteiger partial charge in [0.25, 0.3) is 0 Å². The Balaban J connectivity index is 2.09. The molecular weight excluding hydrogens is 252 g/mol. The van der Waals surface area contributed by atoms with E-state index >= 15 is 0 Å². The van der Waals surface area contributed by atoms with Crippen molar-refractivity contribution in [1.29, 1.82) is 0 Å². The van der Waals surface area contributed by atoms with Gasteiger partial charge in [0.05, 0.1) is 0 Å². The molecule has 5 heteroatoms. The van der Waals surface area contributed by atoms with E-state index in [1.165, 1.54) is 12.8 Å². The minimum atomic E-state index is 0.282. The fourth-order valence-corrected chi connectivity index (χ4v) is 2.75. The maximum Gasteiger partial charge on any atom is 0.224 e. The van der Waals surface area contributed by atoms with Crippen molar-refractivity contribution in [1.82, 2.24) is 9.97 Å². The Kier molecular flexibility index (Phi) is 5.59. The Hall–Kier alpha value is -1.36. The molecule has 0 amide bonds. The van der Waals surface area contributed by atoms with Crippen LogP contribution in [0.3, 0.4) is 0 Å². The molecule has 0 aliphatic carbocycles. The Morgan fingerprint density at radius 2 is 2.35 bits per heavy atom. The quantitative estimate of drug-likeness (QED) is 0.835. The van der Waals surface area contributed by atoms with Gasteiger partial charge in [-0.3, -0.25) is 0 Å². The Morgan fingerprint density at radius 1 is 1.50 bits per heavy atom. The van der Waals surface area contributed by atoms with Gasteiger partial charge >= 0.3 is 0 Å². The maximum atomic E-state index is 9.12. The van der Waals surface area contributed by atoms with Crippen LogP contribution in [0.25, 0.3) is 0 Å². The molecule has 2 N–H and O–H groups in total. The van der Waals surface area contributed by atoms with Gasteiger partial charge in [0.2, 0.25) is 5.95 Å². The third kappa shape index (κ3) is 3.82. The molecule has 20 heavy (non-hydrogen) atoms. The number of aromatic nitrogens is 2. The Labute approximate surface area is 121 Å². The molecule has 1 aliphatic rings. The van der Waals surface area contributed by atoms with E-state index in [1.54, 1.807) is 0 Å². The molecule has 2 heterocycles. The van der Waals surface area contributed by atoms with Gasteiger partial charge in [-0.1, -0.05) is 6.92 Å². The second kappa shape index (κ2) is 7.43. The summed E-state index contributed by atoms with van der Waals surface area (Å²) in [6, 6.07) is 0. The third-order valence-electron chi connectivity index (χ3n) is 3.83. The zero-order valence-electron chi connectivity index (χ0n) is 12.6. The second-order valence-electron chi connectivity index (χ2n) is 5.59. The average Bonchev–Trinajstić information content (AvgIpc) is 2.47. The summed E-state index contributed by atoms with van der Waals surface area (Å²) in [7, 11) is 0.